The summed E-state index contributed by atoms with van der Waals surface area (Å²) in [5.41, 5.74) is 10.5. The van der Waals surface area contributed by atoms with Crippen LogP contribution in [0.5, 0.6) is 0 Å². The molecule has 0 saturated heterocycles. The van der Waals surface area contributed by atoms with E-state index in [0.717, 1.165) is 6.42 Å². The third kappa shape index (κ3) is 2.25. The summed E-state index contributed by atoms with van der Waals surface area (Å²) in [4.78, 5) is 2.78. The molecule has 3 aliphatic rings. The first-order chi connectivity index (χ1) is 10.3. The molecule has 2 N–H and O–H groups in total. The Kier molecular flexibility index (Phi) is 3.21. The van der Waals surface area contributed by atoms with Gasteiger partial charge in [-0.25, -0.2) is 0 Å². The Hall–Kier alpha value is -1.77. The van der Waals surface area contributed by atoms with E-state index in [0.29, 0.717) is 5.92 Å². The van der Waals surface area contributed by atoms with Gasteiger partial charge in [-0.2, -0.15) is 0 Å². The normalized spacial score (nSPS) is 26.9. The molecular weight excluding hydrogens is 274 g/mol. The lowest BCUT2D eigenvalue weighted by atomic mass is 9.84. The molecule has 0 radical (unpaired) electrons. The molecule has 1 aromatic carbocycles. The fourth-order valence-corrected chi connectivity index (χ4v) is 4.54. The molecule has 0 amide bonds. The quantitative estimate of drug-likeness (QED) is 0.828. The van der Waals surface area contributed by atoms with Gasteiger partial charge < -0.3 is 5.73 Å². The van der Waals surface area contributed by atoms with Gasteiger partial charge in [0.05, 0.1) is 0 Å². The Bertz CT molecular complexity index is 719. The Morgan fingerprint density at radius 1 is 1.05 bits per heavy atom. The van der Waals surface area contributed by atoms with Crippen molar-refractivity contribution in [2.45, 2.75) is 12.5 Å². The van der Waals surface area contributed by atoms with Crippen molar-refractivity contribution in [1.29, 1.82) is 0 Å². The smallest absolute Gasteiger partial charge is 0.0340 e. The molecule has 1 aromatic rings. The number of nitrogens with two attached hydrogens (primary N) is 1. The summed E-state index contributed by atoms with van der Waals surface area (Å²) in [6, 6.07) is 10.7. The fraction of sp³-hybridized carbons (Fsp3) is 0.158. The van der Waals surface area contributed by atoms with Crippen molar-refractivity contribution in [1.82, 2.24) is 0 Å². The van der Waals surface area contributed by atoms with E-state index in [2.05, 4.69) is 66.8 Å². The Balaban J connectivity index is 1.71. The van der Waals surface area contributed by atoms with E-state index >= 15 is 0 Å². The van der Waals surface area contributed by atoms with E-state index in [1.54, 1.807) is 0 Å². The van der Waals surface area contributed by atoms with Gasteiger partial charge in [-0.1, -0.05) is 72.5 Å². The molecular formula is C19H17NS. The van der Waals surface area contributed by atoms with Crippen LogP contribution in [-0.4, -0.2) is 6.04 Å². The van der Waals surface area contributed by atoms with Crippen molar-refractivity contribution < 1.29 is 0 Å². The molecule has 4 rings (SSSR count). The summed E-state index contributed by atoms with van der Waals surface area (Å²) < 4.78 is 0. The van der Waals surface area contributed by atoms with Gasteiger partial charge in [0, 0.05) is 16.9 Å². The molecule has 2 heteroatoms. The van der Waals surface area contributed by atoms with Crippen molar-refractivity contribution in [2.75, 3.05) is 0 Å². The molecule has 21 heavy (non-hydrogen) atoms. The second-order valence-corrected chi connectivity index (χ2v) is 6.71. The van der Waals surface area contributed by atoms with E-state index in [4.69, 9.17) is 5.73 Å². The molecule has 0 spiro atoms. The third-order valence-electron chi connectivity index (χ3n) is 4.28. The minimum absolute atomic E-state index is 0.105. The van der Waals surface area contributed by atoms with Crippen molar-refractivity contribution in [3.05, 3.63) is 87.7 Å². The molecule has 2 aliphatic carbocycles. The predicted molar refractivity (Wildman–Crippen MR) is 91.5 cm³/mol. The van der Waals surface area contributed by atoms with Gasteiger partial charge in [-0.15, -0.1) is 0 Å². The third-order valence-corrected chi connectivity index (χ3v) is 5.52. The SMILES string of the molecule is NC1C=CC=C2SC3=C(CC(c4ccccc4)=CC=C3)C21. The van der Waals surface area contributed by atoms with Crippen LogP contribution in [0.4, 0.5) is 0 Å². The summed E-state index contributed by atoms with van der Waals surface area (Å²) in [6.07, 6.45) is 14.1. The average molecular weight is 291 g/mol. The molecule has 0 bridgehead atoms. The highest BCUT2D eigenvalue weighted by Gasteiger charge is 2.35. The number of thioether (sulfide) groups is 1. The fourth-order valence-electron chi connectivity index (χ4n) is 3.23. The second kappa shape index (κ2) is 5.21. The molecule has 1 heterocycles. The first-order valence-electron chi connectivity index (χ1n) is 7.30. The minimum Gasteiger partial charge on any atom is -0.324 e. The molecule has 2 atom stereocenters. The summed E-state index contributed by atoms with van der Waals surface area (Å²) in [5, 5.41) is 0. The zero-order valence-electron chi connectivity index (χ0n) is 11.7. The molecule has 0 saturated carbocycles. The predicted octanol–water partition coefficient (Wildman–Crippen LogP) is 4.43. The van der Waals surface area contributed by atoms with Crippen molar-refractivity contribution in [2.24, 2.45) is 11.7 Å². The Labute approximate surface area is 129 Å². The van der Waals surface area contributed by atoms with Gasteiger partial charge in [0.25, 0.3) is 0 Å². The number of rotatable bonds is 1. The molecule has 1 nitrogen and oxygen atoms in total. The second-order valence-electron chi connectivity index (χ2n) is 5.59. The van der Waals surface area contributed by atoms with Crippen LogP contribution in [-0.2, 0) is 0 Å². The standard InChI is InChI=1S/C19H17NS/c20-16-9-5-11-18-19(16)15-12-14(8-4-10-17(15)21-18)13-6-2-1-3-7-13/h1-11,16,19H,12,20H2. The zero-order chi connectivity index (χ0) is 14.2. The largest absolute Gasteiger partial charge is 0.324 e. The van der Waals surface area contributed by atoms with Crippen LogP contribution in [0.3, 0.4) is 0 Å². The number of benzene rings is 1. The summed E-state index contributed by atoms with van der Waals surface area (Å²) in [7, 11) is 0. The summed E-state index contributed by atoms with van der Waals surface area (Å²) >= 11 is 1.88. The van der Waals surface area contributed by atoms with Crippen LogP contribution in [0.1, 0.15) is 12.0 Å². The van der Waals surface area contributed by atoms with Gasteiger partial charge >= 0.3 is 0 Å². The number of hydrogen-bond donors (Lipinski definition) is 1. The van der Waals surface area contributed by atoms with Crippen LogP contribution in [0, 0.1) is 5.92 Å². The van der Waals surface area contributed by atoms with E-state index < -0.39 is 0 Å². The van der Waals surface area contributed by atoms with E-state index in [1.165, 1.54) is 26.5 Å². The Morgan fingerprint density at radius 3 is 2.76 bits per heavy atom. The highest BCUT2D eigenvalue weighted by Crippen LogP contribution is 2.51. The monoisotopic (exact) mass is 291 g/mol. The van der Waals surface area contributed by atoms with Crippen LogP contribution in [0.2, 0.25) is 0 Å². The summed E-state index contributed by atoms with van der Waals surface area (Å²) in [6.45, 7) is 0. The van der Waals surface area contributed by atoms with Gasteiger partial charge in [0.1, 0.15) is 0 Å². The molecule has 104 valence electrons. The van der Waals surface area contributed by atoms with Gasteiger partial charge in [0.2, 0.25) is 0 Å². The summed E-state index contributed by atoms with van der Waals surface area (Å²) in [5.74, 6) is 0.366. The maximum Gasteiger partial charge on any atom is 0.0340 e. The van der Waals surface area contributed by atoms with Gasteiger partial charge in [-0.05, 0) is 34.1 Å². The van der Waals surface area contributed by atoms with E-state index in [9.17, 15) is 0 Å². The lowest BCUT2D eigenvalue weighted by molar-refractivity contribution is 0.637. The van der Waals surface area contributed by atoms with Crippen LogP contribution in [0.15, 0.2) is 82.2 Å². The molecule has 0 fully saturated rings. The van der Waals surface area contributed by atoms with Crippen LogP contribution >= 0.6 is 11.8 Å². The number of allylic oxidation sites excluding steroid dienone is 6. The molecule has 2 unspecified atom stereocenters. The van der Waals surface area contributed by atoms with E-state index in [1.807, 2.05) is 11.8 Å². The van der Waals surface area contributed by atoms with Crippen molar-refractivity contribution in [3.63, 3.8) is 0 Å². The molecule has 1 aliphatic heterocycles. The first kappa shape index (κ1) is 12.9. The zero-order valence-corrected chi connectivity index (χ0v) is 12.5. The van der Waals surface area contributed by atoms with Gasteiger partial charge in [0.15, 0.2) is 0 Å². The highest BCUT2D eigenvalue weighted by atomic mass is 32.2. The van der Waals surface area contributed by atoms with Crippen LogP contribution < -0.4 is 5.73 Å². The maximum atomic E-state index is 6.34. The average Bonchev–Trinajstić information content (AvgIpc) is 2.73. The molecule has 0 aromatic heterocycles. The van der Waals surface area contributed by atoms with Crippen molar-refractivity contribution >= 4 is 17.3 Å². The number of fused-ring (bicyclic) bond motifs is 2. The lowest BCUT2D eigenvalue weighted by Crippen LogP contribution is -2.30. The minimum atomic E-state index is 0.105. The first-order valence-corrected chi connectivity index (χ1v) is 8.12. The number of hydrogen-bond acceptors (Lipinski definition) is 2. The van der Waals surface area contributed by atoms with Crippen molar-refractivity contribution in [3.8, 4) is 0 Å². The van der Waals surface area contributed by atoms with Crippen LogP contribution in [0.25, 0.3) is 5.57 Å². The Morgan fingerprint density at radius 2 is 1.90 bits per heavy atom. The van der Waals surface area contributed by atoms with E-state index in [-0.39, 0.29) is 6.04 Å². The lowest BCUT2D eigenvalue weighted by Gasteiger charge is -2.24. The highest BCUT2D eigenvalue weighted by molar-refractivity contribution is 8.07. The topological polar surface area (TPSA) is 26.0 Å². The van der Waals surface area contributed by atoms with Gasteiger partial charge in [-0.3, -0.25) is 0 Å². The maximum absolute atomic E-state index is 6.34.